The Labute approximate surface area is 325 Å². The lowest BCUT2D eigenvalue weighted by Crippen LogP contribution is -1.95. The molecule has 0 unspecified atom stereocenters. The normalized spacial score (nSPS) is 11.6. The number of benzene rings is 9. The minimum absolute atomic E-state index is 1.15. The van der Waals surface area contributed by atoms with Crippen molar-refractivity contribution in [1.29, 1.82) is 0 Å². The van der Waals surface area contributed by atoms with Crippen LogP contribution in [0.3, 0.4) is 0 Å². The van der Waals surface area contributed by atoms with Crippen LogP contribution in [-0.4, -0.2) is 9.13 Å². The highest BCUT2D eigenvalue weighted by Gasteiger charge is 2.20. The van der Waals surface area contributed by atoms with Crippen molar-refractivity contribution in [2.75, 3.05) is 0 Å². The Balaban J connectivity index is 1.14. The largest absolute Gasteiger partial charge is 0.309 e. The lowest BCUT2D eigenvalue weighted by Gasteiger charge is -2.10. The van der Waals surface area contributed by atoms with Crippen LogP contribution in [0.1, 0.15) is 0 Å². The van der Waals surface area contributed by atoms with Crippen LogP contribution in [0.15, 0.2) is 218 Å². The zero-order valence-corrected chi connectivity index (χ0v) is 30.7. The van der Waals surface area contributed by atoms with E-state index in [1.165, 1.54) is 88.1 Å². The van der Waals surface area contributed by atoms with Crippen molar-refractivity contribution >= 4 is 43.6 Å². The van der Waals surface area contributed by atoms with Crippen molar-refractivity contribution in [2.24, 2.45) is 0 Å². The van der Waals surface area contributed by atoms with E-state index in [-0.39, 0.29) is 0 Å². The summed E-state index contributed by atoms with van der Waals surface area (Å²) in [6, 6.07) is 79.4. The van der Waals surface area contributed by atoms with Crippen molar-refractivity contribution in [3.8, 4) is 55.9 Å². The second-order valence-corrected chi connectivity index (χ2v) is 14.6. The van der Waals surface area contributed by atoms with E-state index in [0.29, 0.717) is 0 Å². The zero-order valence-electron chi connectivity index (χ0n) is 30.7. The van der Waals surface area contributed by atoms with Gasteiger partial charge in [-0.15, -0.1) is 0 Å². The molecule has 0 fully saturated rings. The van der Waals surface area contributed by atoms with E-state index in [1.54, 1.807) is 0 Å². The van der Waals surface area contributed by atoms with Gasteiger partial charge in [-0.2, -0.15) is 0 Å². The summed E-state index contributed by atoms with van der Waals surface area (Å²) in [7, 11) is 0. The van der Waals surface area contributed by atoms with E-state index in [0.717, 1.165) is 11.4 Å². The maximum atomic E-state index is 2.44. The number of hydrogen-bond donors (Lipinski definition) is 0. The Morgan fingerprint density at radius 3 is 0.857 bits per heavy atom. The Hall–Kier alpha value is -7.42. The quantitative estimate of drug-likeness (QED) is 0.162. The molecule has 0 aliphatic heterocycles. The minimum Gasteiger partial charge on any atom is -0.309 e. The molecular weight excluding hydrogens is 677 g/mol. The van der Waals surface area contributed by atoms with Crippen LogP contribution in [0.2, 0.25) is 0 Å². The summed E-state index contributed by atoms with van der Waals surface area (Å²) >= 11 is 0. The molecule has 0 bridgehead atoms. The van der Waals surface area contributed by atoms with Gasteiger partial charge in [-0.1, -0.05) is 158 Å². The van der Waals surface area contributed by atoms with Gasteiger partial charge in [-0.3, -0.25) is 0 Å². The number of fused-ring (bicyclic) bond motifs is 6. The van der Waals surface area contributed by atoms with E-state index in [4.69, 9.17) is 0 Å². The highest BCUT2D eigenvalue weighted by Crippen LogP contribution is 2.42. The molecule has 56 heavy (non-hydrogen) atoms. The van der Waals surface area contributed by atoms with E-state index in [1.807, 2.05) is 0 Å². The highest BCUT2D eigenvalue weighted by atomic mass is 15.0. The summed E-state index contributed by atoms with van der Waals surface area (Å²) in [5.74, 6) is 0. The first-order valence-corrected chi connectivity index (χ1v) is 19.3. The molecule has 0 saturated carbocycles. The topological polar surface area (TPSA) is 9.86 Å². The first kappa shape index (κ1) is 32.0. The van der Waals surface area contributed by atoms with Crippen molar-refractivity contribution in [1.82, 2.24) is 9.13 Å². The molecule has 0 N–H and O–H groups in total. The number of rotatable bonds is 6. The van der Waals surface area contributed by atoms with Crippen molar-refractivity contribution in [3.63, 3.8) is 0 Å². The predicted molar refractivity (Wildman–Crippen MR) is 237 cm³/mol. The average molecular weight is 713 g/mol. The summed E-state index contributed by atoms with van der Waals surface area (Å²) in [6.07, 6.45) is 0. The molecule has 0 atom stereocenters. The van der Waals surface area contributed by atoms with Gasteiger partial charge >= 0.3 is 0 Å². The fraction of sp³-hybridized carbons (Fsp3) is 0. The predicted octanol–water partition coefficient (Wildman–Crippen LogP) is 14.5. The van der Waals surface area contributed by atoms with Crippen LogP contribution in [-0.2, 0) is 0 Å². The van der Waals surface area contributed by atoms with Gasteiger partial charge in [0.1, 0.15) is 0 Å². The standard InChI is InChI=1S/C54H36N2/c1-5-13-37(14-6-1)39-21-25-41(26-22-39)43-29-31-51-47(33-43)49-35-50-48-34-44(42-27-23-40(24-28-42)38-15-7-2-8-16-38)30-32-52(48)56(46-19-11-4-12-20-46)54(50)36-53(49)55(51)45-17-9-3-10-18-45/h1-36H. The molecule has 0 aliphatic rings. The van der Waals surface area contributed by atoms with Crippen molar-refractivity contribution in [2.45, 2.75) is 0 Å². The van der Waals surface area contributed by atoms with Gasteiger partial charge in [0.25, 0.3) is 0 Å². The summed E-state index contributed by atoms with van der Waals surface area (Å²) in [6.45, 7) is 0. The summed E-state index contributed by atoms with van der Waals surface area (Å²) in [5.41, 5.74) is 16.8. The minimum atomic E-state index is 1.15. The summed E-state index contributed by atoms with van der Waals surface area (Å²) in [5, 5.41) is 4.96. The molecule has 0 amide bonds. The molecule has 2 aromatic heterocycles. The van der Waals surface area contributed by atoms with Crippen LogP contribution < -0.4 is 0 Å². The molecule has 2 heterocycles. The molecule has 0 saturated heterocycles. The lowest BCUT2D eigenvalue weighted by atomic mass is 9.98. The lowest BCUT2D eigenvalue weighted by molar-refractivity contribution is 1.16. The van der Waals surface area contributed by atoms with Gasteiger partial charge < -0.3 is 9.13 Å². The Morgan fingerprint density at radius 2 is 0.482 bits per heavy atom. The third-order valence-corrected chi connectivity index (χ3v) is 11.3. The molecule has 2 nitrogen and oxygen atoms in total. The van der Waals surface area contributed by atoms with Crippen LogP contribution >= 0.6 is 0 Å². The third-order valence-electron chi connectivity index (χ3n) is 11.3. The second kappa shape index (κ2) is 13.2. The first-order chi connectivity index (χ1) is 27.8. The molecule has 0 radical (unpaired) electrons. The number of hydrogen-bond acceptors (Lipinski definition) is 0. The van der Waals surface area contributed by atoms with E-state index >= 15 is 0 Å². The molecule has 9 aromatic carbocycles. The molecule has 2 heteroatoms. The summed E-state index contributed by atoms with van der Waals surface area (Å²) < 4.78 is 4.86. The van der Waals surface area contributed by atoms with Crippen molar-refractivity contribution in [3.05, 3.63) is 218 Å². The van der Waals surface area contributed by atoms with Gasteiger partial charge in [0.2, 0.25) is 0 Å². The average Bonchev–Trinajstić information content (AvgIpc) is 3.78. The SMILES string of the molecule is c1ccc(-c2ccc(-c3ccc4c(c3)c3cc5c6cc(-c7ccc(-c8ccccc8)cc7)ccc6n(-c6ccccc6)c5cc3n4-c3ccccc3)cc2)cc1. The van der Waals surface area contributed by atoms with E-state index < -0.39 is 0 Å². The van der Waals surface area contributed by atoms with Gasteiger partial charge in [0, 0.05) is 32.9 Å². The molecular formula is C54H36N2. The van der Waals surface area contributed by atoms with Gasteiger partial charge in [0.05, 0.1) is 22.1 Å². The zero-order chi connectivity index (χ0) is 37.0. The van der Waals surface area contributed by atoms with Crippen LogP contribution in [0.5, 0.6) is 0 Å². The number of aromatic nitrogens is 2. The van der Waals surface area contributed by atoms with Crippen molar-refractivity contribution < 1.29 is 0 Å². The molecule has 0 spiro atoms. The molecule has 11 rings (SSSR count). The monoisotopic (exact) mass is 712 g/mol. The molecule has 262 valence electrons. The van der Waals surface area contributed by atoms with E-state index in [2.05, 4.69) is 228 Å². The fourth-order valence-electron chi connectivity index (χ4n) is 8.57. The Kier molecular flexibility index (Phi) is 7.53. The number of para-hydroxylation sites is 2. The van der Waals surface area contributed by atoms with Crippen LogP contribution in [0.25, 0.3) is 99.5 Å². The van der Waals surface area contributed by atoms with Crippen LogP contribution in [0, 0.1) is 0 Å². The number of nitrogens with zero attached hydrogens (tertiary/aromatic N) is 2. The van der Waals surface area contributed by atoms with Crippen LogP contribution in [0.4, 0.5) is 0 Å². The Bertz CT molecular complexity index is 2960. The van der Waals surface area contributed by atoms with Gasteiger partial charge in [-0.05, 0) is 105 Å². The third kappa shape index (κ3) is 5.34. The maximum absolute atomic E-state index is 2.44. The second-order valence-electron chi connectivity index (χ2n) is 14.6. The fourth-order valence-corrected chi connectivity index (χ4v) is 8.57. The van der Waals surface area contributed by atoms with Gasteiger partial charge in [0.15, 0.2) is 0 Å². The molecule has 0 aliphatic carbocycles. The molecule has 11 aromatic rings. The smallest absolute Gasteiger partial charge is 0.0562 e. The van der Waals surface area contributed by atoms with E-state index in [9.17, 15) is 0 Å². The summed E-state index contributed by atoms with van der Waals surface area (Å²) in [4.78, 5) is 0. The van der Waals surface area contributed by atoms with Gasteiger partial charge in [-0.25, -0.2) is 0 Å². The highest BCUT2D eigenvalue weighted by molar-refractivity contribution is 6.20. The Morgan fingerprint density at radius 1 is 0.196 bits per heavy atom. The maximum Gasteiger partial charge on any atom is 0.0562 e. The first-order valence-electron chi connectivity index (χ1n) is 19.3.